The molecule has 0 radical (unpaired) electrons. The summed E-state index contributed by atoms with van der Waals surface area (Å²) in [7, 11) is 2.20. The largest absolute Gasteiger partial charge is 0.308 e. The summed E-state index contributed by atoms with van der Waals surface area (Å²) in [6, 6.07) is 8.01. The van der Waals surface area contributed by atoms with Gasteiger partial charge in [-0.1, -0.05) is 0 Å². The van der Waals surface area contributed by atoms with Crippen LogP contribution in [0.5, 0.6) is 0 Å². The Morgan fingerprint density at radius 3 is 2.74 bits per heavy atom. The van der Waals surface area contributed by atoms with E-state index < -0.39 is 0 Å². The van der Waals surface area contributed by atoms with Crippen LogP contribution in [0.15, 0.2) is 42.9 Å². The maximum atomic E-state index is 4.81. The summed E-state index contributed by atoms with van der Waals surface area (Å²) >= 11 is 0. The quantitative estimate of drug-likeness (QED) is 0.746. The van der Waals surface area contributed by atoms with Crippen LogP contribution >= 0.6 is 0 Å². The normalized spacial score (nSPS) is 16.9. The Labute approximate surface area is 136 Å². The van der Waals surface area contributed by atoms with Gasteiger partial charge < -0.3 is 9.47 Å². The highest BCUT2D eigenvalue weighted by Crippen LogP contribution is 2.26. The topological polar surface area (TPSA) is 46.8 Å². The average molecular weight is 307 g/mol. The van der Waals surface area contributed by atoms with Crippen molar-refractivity contribution in [1.82, 2.24) is 24.4 Å². The van der Waals surface area contributed by atoms with Crippen molar-refractivity contribution in [3.05, 3.63) is 42.9 Å². The molecule has 0 aromatic carbocycles. The van der Waals surface area contributed by atoms with E-state index in [4.69, 9.17) is 4.98 Å². The van der Waals surface area contributed by atoms with Gasteiger partial charge in [0, 0.05) is 30.7 Å². The molecule has 0 saturated carbocycles. The molecule has 5 nitrogen and oxygen atoms in total. The second kappa shape index (κ2) is 6.08. The molecule has 5 heteroatoms. The fourth-order valence-electron chi connectivity index (χ4n) is 3.35. The first-order chi connectivity index (χ1) is 11.3. The standard InChI is InChI=1S/C18H21N5/c1-22-10-6-14(7-11-22)13-23-17(15-4-2-8-19-12-15)21-16-5-3-9-20-18(16)23/h2-5,8-9,12,14H,6-7,10-11,13H2,1H3. The molecular weight excluding hydrogens is 286 g/mol. The van der Waals surface area contributed by atoms with E-state index in [1.54, 1.807) is 6.20 Å². The number of pyridine rings is 2. The maximum absolute atomic E-state index is 4.81. The number of hydrogen-bond acceptors (Lipinski definition) is 4. The summed E-state index contributed by atoms with van der Waals surface area (Å²) in [5.74, 6) is 1.66. The number of rotatable bonds is 3. The predicted molar refractivity (Wildman–Crippen MR) is 91.0 cm³/mol. The molecule has 0 atom stereocenters. The van der Waals surface area contributed by atoms with Gasteiger partial charge in [-0.05, 0) is 63.2 Å². The van der Waals surface area contributed by atoms with Gasteiger partial charge in [-0.15, -0.1) is 0 Å². The average Bonchev–Trinajstić information content (AvgIpc) is 2.96. The SMILES string of the molecule is CN1CCC(Cn2c(-c3cccnc3)nc3cccnc32)CC1. The molecule has 1 aliphatic heterocycles. The van der Waals surface area contributed by atoms with E-state index in [2.05, 4.69) is 32.5 Å². The summed E-state index contributed by atoms with van der Waals surface area (Å²) < 4.78 is 2.28. The molecule has 4 rings (SSSR count). The number of aromatic nitrogens is 4. The lowest BCUT2D eigenvalue weighted by Gasteiger charge is -2.29. The van der Waals surface area contributed by atoms with Crippen molar-refractivity contribution in [2.75, 3.05) is 20.1 Å². The van der Waals surface area contributed by atoms with Crippen molar-refractivity contribution in [3.63, 3.8) is 0 Å². The molecule has 1 saturated heterocycles. The molecule has 0 bridgehead atoms. The molecule has 0 N–H and O–H groups in total. The molecule has 0 aliphatic carbocycles. The fraction of sp³-hybridized carbons (Fsp3) is 0.389. The molecule has 4 heterocycles. The molecule has 1 fully saturated rings. The van der Waals surface area contributed by atoms with Crippen LogP contribution < -0.4 is 0 Å². The highest BCUT2D eigenvalue weighted by atomic mass is 15.1. The number of fused-ring (bicyclic) bond motifs is 1. The van der Waals surface area contributed by atoms with Gasteiger partial charge in [-0.25, -0.2) is 9.97 Å². The zero-order chi connectivity index (χ0) is 15.6. The molecule has 23 heavy (non-hydrogen) atoms. The molecule has 1 aliphatic rings. The van der Waals surface area contributed by atoms with Crippen LogP contribution in [0.2, 0.25) is 0 Å². The Morgan fingerprint density at radius 1 is 1.13 bits per heavy atom. The Bertz CT molecular complexity index is 788. The van der Waals surface area contributed by atoms with Gasteiger partial charge in [0.05, 0.1) is 0 Å². The van der Waals surface area contributed by atoms with Crippen LogP contribution in [-0.4, -0.2) is 44.6 Å². The van der Waals surface area contributed by atoms with E-state index in [0.717, 1.165) is 29.1 Å². The second-order valence-corrected chi connectivity index (χ2v) is 6.38. The van der Waals surface area contributed by atoms with Gasteiger partial charge in [-0.2, -0.15) is 0 Å². The fourth-order valence-corrected chi connectivity index (χ4v) is 3.35. The Hall–Kier alpha value is -2.27. The van der Waals surface area contributed by atoms with E-state index in [-0.39, 0.29) is 0 Å². The van der Waals surface area contributed by atoms with Crippen LogP contribution in [0, 0.1) is 5.92 Å². The first kappa shape index (κ1) is 14.3. The third-order valence-electron chi connectivity index (χ3n) is 4.70. The van der Waals surface area contributed by atoms with E-state index in [1.165, 1.54) is 25.9 Å². The first-order valence-electron chi connectivity index (χ1n) is 8.21. The third-order valence-corrected chi connectivity index (χ3v) is 4.70. The minimum absolute atomic E-state index is 0.682. The van der Waals surface area contributed by atoms with Crippen LogP contribution in [0.3, 0.4) is 0 Å². The van der Waals surface area contributed by atoms with Crippen molar-refractivity contribution in [2.45, 2.75) is 19.4 Å². The van der Waals surface area contributed by atoms with Gasteiger partial charge in [0.2, 0.25) is 0 Å². The van der Waals surface area contributed by atoms with E-state index in [1.807, 2.05) is 30.6 Å². The lowest BCUT2D eigenvalue weighted by Crippen LogP contribution is -2.32. The lowest BCUT2D eigenvalue weighted by atomic mass is 9.97. The van der Waals surface area contributed by atoms with Crippen LogP contribution in [0.4, 0.5) is 0 Å². The van der Waals surface area contributed by atoms with Crippen molar-refractivity contribution in [1.29, 1.82) is 0 Å². The number of piperidine rings is 1. The highest BCUT2D eigenvalue weighted by Gasteiger charge is 2.21. The summed E-state index contributed by atoms with van der Waals surface area (Å²) in [6.45, 7) is 3.32. The monoisotopic (exact) mass is 307 g/mol. The molecular formula is C18H21N5. The first-order valence-corrected chi connectivity index (χ1v) is 8.21. The number of likely N-dealkylation sites (tertiary alicyclic amines) is 1. The summed E-state index contributed by atoms with van der Waals surface area (Å²) in [5.41, 5.74) is 2.99. The van der Waals surface area contributed by atoms with Crippen molar-refractivity contribution in [2.24, 2.45) is 5.92 Å². The van der Waals surface area contributed by atoms with Crippen molar-refractivity contribution >= 4 is 11.2 Å². The highest BCUT2D eigenvalue weighted by molar-refractivity contribution is 5.76. The molecule has 0 spiro atoms. The van der Waals surface area contributed by atoms with Crippen molar-refractivity contribution < 1.29 is 0 Å². The number of nitrogens with zero attached hydrogens (tertiary/aromatic N) is 5. The maximum Gasteiger partial charge on any atom is 0.160 e. The summed E-state index contributed by atoms with van der Waals surface area (Å²) in [4.78, 5) is 16.0. The van der Waals surface area contributed by atoms with Crippen LogP contribution in [0.1, 0.15) is 12.8 Å². The molecule has 3 aromatic rings. The zero-order valence-corrected chi connectivity index (χ0v) is 13.4. The van der Waals surface area contributed by atoms with Gasteiger partial charge in [-0.3, -0.25) is 4.98 Å². The van der Waals surface area contributed by atoms with E-state index in [9.17, 15) is 0 Å². The third kappa shape index (κ3) is 2.84. The Balaban J connectivity index is 1.74. The summed E-state index contributed by atoms with van der Waals surface area (Å²) in [6.07, 6.45) is 7.99. The van der Waals surface area contributed by atoms with E-state index in [0.29, 0.717) is 5.92 Å². The number of imidazole rings is 1. The van der Waals surface area contributed by atoms with Gasteiger partial charge in [0.25, 0.3) is 0 Å². The smallest absolute Gasteiger partial charge is 0.160 e. The van der Waals surface area contributed by atoms with E-state index >= 15 is 0 Å². The summed E-state index contributed by atoms with van der Waals surface area (Å²) in [5, 5.41) is 0. The number of hydrogen-bond donors (Lipinski definition) is 0. The van der Waals surface area contributed by atoms with Gasteiger partial charge in [0.15, 0.2) is 5.65 Å². The van der Waals surface area contributed by atoms with Crippen molar-refractivity contribution in [3.8, 4) is 11.4 Å². The predicted octanol–water partition coefficient (Wildman–Crippen LogP) is 2.84. The van der Waals surface area contributed by atoms with Gasteiger partial charge in [0.1, 0.15) is 11.3 Å². The lowest BCUT2D eigenvalue weighted by molar-refractivity contribution is 0.206. The minimum Gasteiger partial charge on any atom is -0.308 e. The molecule has 118 valence electrons. The van der Waals surface area contributed by atoms with Crippen LogP contribution in [-0.2, 0) is 6.54 Å². The molecule has 0 unspecified atom stereocenters. The second-order valence-electron chi connectivity index (χ2n) is 6.38. The minimum atomic E-state index is 0.682. The van der Waals surface area contributed by atoms with Crippen LogP contribution in [0.25, 0.3) is 22.6 Å². The van der Waals surface area contributed by atoms with Gasteiger partial charge >= 0.3 is 0 Å². The molecule has 3 aromatic heterocycles. The zero-order valence-electron chi connectivity index (χ0n) is 13.4. The Kier molecular flexibility index (Phi) is 3.79. The molecule has 0 amide bonds. The Morgan fingerprint density at radius 2 is 1.96 bits per heavy atom.